The summed E-state index contributed by atoms with van der Waals surface area (Å²) in [5.41, 5.74) is 10.2. The maximum Gasteiger partial charge on any atom is 0.402 e. The number of halogens is 3. The van der Waals surface area contributed by atoms with Crippen molar-refractivity contribution in [2.45, 2.75) is 11.9 Å². The van der Waals surface area contributed by atoms with E-state index in [1.54, 1.807) is 36.7 Å². The fourth-order valence-corrected chi connectivity index (χ4v) is 5.09. The second-order valence-electron chi connectivity index (χ2n) is 8.79. The maximum absolute atomic E-state index is 12.3. The monoisotopic (exact) mass is 595 g/mol. The number of sulfone groups is 1. The predicted octanol–water partition coefficient (Wildman–Crippen LogP) is 5.32. The molecule has 0 atom stereocenters. The van der Waals surface area contributed by atoms with Gasteiger partial charge in [0.15, 0.2) is 9.84 Å². The maximum atomic E-state index is 12.3. The van der Waals surface area contributed by atoms with Crippen molar-refractivity contribution >= 4 is 15.5 Å². The number of methoxy groups -OCH3 is 2. The number of ether oxygens (including phenoxy) is 2. The van der Waals surface area contributed by atoms with Crippen LogP contribution in [0.25, 0.3) is 22.3 Å². The van der Waals surface area contributed by atoms with Crippen molar-refractivity contribution in [3.05, 3.63) is 90.0 Å². The summed E-state index contributed by atoms with van der Waals surface area (Å²) in [6, 6.07) is 17.4. The number of nitrogens with two attached hydrogens (primary N) is 1. The number of nitrogens with zero attached hydrogens (tertiary/aromatic N) is 4. The van der Waals surface area contributed by atoms with Gasteiger partial charge in [-0.15, -0.1) is 0 Å². The minimum atomic E-state index is -4.79. The van der Waals surface area contributed by atoms with Gasteiger partial charge in [0.25, 0.3) is 0 Å². The van der Waals surface area contributed by atoms with E-state index in [4.69, 9.17) is 25.7 Å². The van der Waals surface area contributed by atoms with Crippen LogP contribution >= 0.6 is 0 Å². The summed E-state index contributed by atoms with van der Waals surface area (Å²) in [6.07, 6.45) is 1.17. The molecule has 0 fully saturated rings. The minimum absolute atomic E-state index is 0.144. The quantitative estimate of drug-likeness (QED) is 0.299. The van der Waals surface area contributed by atoms with Gasteiger partial charge in [-0.05, 0) is 53.1 Å². The molecule has 0 aliphatic heterocycles. The number of nitriles is 2. The Balaban J connectivity index is 0.000000247. The van der Waals surface area contributed by atoms with Gasteiger partial charge in [-0.1, -0.05) is 12.1 Å². The average molecular weight is 596 g/mol. The number of aromatic nitrogens is 2. The zero-order valence-corrected chi connectivity index (χ0v) is 23.2. The molecule has 9 nitrogen and oxygen atoms in total. The smallest absolute Gasteiger partial charge is 0.402 e. The molecule has 0 unspecified atom stereocenters. The van der Waals surface area contributed by atoms with Crippen molar-refractivity contribution in [3.8, 4) is 45.9 Å². The van der Waals surface area contributed by atoms with Crippen LogP contribution in [0.2, 0.25) is 0 Å². The molecule has 0 radical (unpaired) electrons. The molecule has 0 spiro atoms. The van der Waals surface area contributed by atoms with E-state index in [0.717, 1.165) is 11.1 Å². The van der Waals surface area contributed by atoms with Crippen LogP contribution in [-0.2, 0) is 15.6 Å². The molecule has 4 rings (SSSR count). The number of alkyl halides is 3. The summed E-state index contributed by atoms with van der Waals surface area (Å²) in [7, 11) is -1.41. The second-order valence-corrected chi connectivity index (χ2v) is 10.9. The molecule has 2 aromatic carbocycles. The number of anilines is 1. The summed E-state index contributed by atoms with van der Waals surface area (Å²) >= 11 is 0. The first-order valence-electron chi connectivity index (χ1n) is 12.0. The van der Waals surface area contributed by atoms with Gasteiger partial charge in [0.1, 0.15) is 29.4 Å². The van der Waals surface area contributed by atoms with Crippen molar-refractivity contribution < 1.29 is 31.1 Å². The molecule has 0 bridgehead atoms. The molecule has 0 saturated heterocycles. The Morgan fingerprint density at radius 1 is 0.786 bits per heavy atom. The predicted molar refractivity (Wildman–Crippen MR) is 150 cm³/mol. The number of hydrogen-bond donors (Lipinski definition) is 1. The summed E-state index contributed by atoms with van der Waals surface area (Å²) in [6.45, 7) is 0. The van der Waals surface area contributed by atoms with E-state index in [0.29, 0.717) is 39.4 Å². The summed E-state index contributed by atoms with van der Waals surface area (Å²) in [4.78, 5) is 7.92. The minimum Gasteiger partial charge on any atom is -0.495 e. The van der Waals surface area contributed by atoms with Gasteiger partial charge in [0, 0.05) is 35.9 Å². The first-order chi connectivity index (χ1) is 19.9. The van der Waals surface area contributed by atoms with Crippen molar-refractivity contribution in [2.75, 3.05) is 25.7 Å². The topological polar surface area (TPSA) is 152 Å². The van der Waals surface area contributed by atoms with Gasteiger partial charge in [-0.25, -0.2) is 8.42 Å². The lowest BCUT2D eigenvalue weighted by Crippen LogP contribution is -2.24. The van der Waals surface area contributed by atoms with E-state index in [2.05, 4.69) is 16.0 Å². The highest BCUT2D eigenvalue weighted by atomic mass is 32.2. The van der Waals surface area contributed by atoms with Crippen LogP contribution in [0.1, 0.15) is 16.7 Å². The molecule has 2 N–H and O–H groups in total. The lowest BCUT2D eigenvalue weighted by molar-refractivity contribution is -0.106. The molecule has 13 heteroatoms. The van der Waals surface area contributed by atoms with Gasteiger partial charge in [0.05, 0.1) is 36.8 Å². The Bertz CT molecular complexity index is 1760. The largest absolute Gasteiger partial charge is 0.495 e. The van der Waals surface area contributed by atoms with Crippen LogP contribution in [-0.4, -0.2) is 44.5 Å². The summed E-state index contributed by atoms with van der Waals surface area (Å²) < 4.78 is 70.5. The van der Waals surface area contributed by atoms with E-state index in [1.807, 2.05) is 18.2 Å². The standard InChI is InChI=1S/C16H13F3N2O3S.C13H11N3O/c1-24-15-5-12(2-3-13(15)6-20)14-4-11(7-21-8-14)9-25(22,23)10-16(17,18)19;1-17-13-5-9(2-3-10(13)6-14)11-4-12(15)8-16-7-11/h2-5,7-8H,9-10H2,1H3;2-5,7-8H,15H2,1H3. The fraction of sp³-hybridized carbons (Fsp3) is 0.172. The molecule has 4 aromatic rings. The highest BCUT2D eigenvalue weighted by Crippen LogP contribution is 2.29. The zero-order valence-electron chi connectivity index (χ0n) is 22.4. The molecule has 42 heavy (non-hydrogen) atoms. The lowest BCUT2D eigenvalue weighted by Gasteiger charge is -2.10. The molecule has 0 amide bonds. The van der Waals surface area contributed by atoms with Gasteiger partial charge < -0.3 is 15.2 Å². The first kappa shape index (κ1) is 31.4. The first-order valence-corrected chi connectivity index (χ1v) is 13.8. The Morgan fingerprint density at radius 2 is 1.29 bits per heavy atom. The number of benzene rings is 2. The fourth-order valence-electron chi connectivity index (χ4n) is 3.82. The Morgan fingerprint density at radius 3 is 1.74 bits per heavy atom. The Kier molecular flexibility index (Phi) is 10.1. The van der Waals surface area contributed by atoms with Crippen molar-refractivity contribution in [3.63, 3.8) is 0 Å². The summed E-state index contributed by atoms with van der Waals surface area (Å²) in [5, 5.41) is 17.9. The lowest BCUT2D eigenvalue weighted by atomic mass is 10.0. The third-order valence-electron chi connectivity index (χ3n) is 5.64. The SMILES string of the molecule is COc1cc(-c2cncc(CS(=O)(=O)CC(F)(F)F)c2)ccc1C#N.COc1cc(-c2cncc(N)c2)ccc1C#N. The molecule has 2 aromatic heterocycles. The zero-order chi connectivity index (χ0) is 30.9. The van der Waals surface area contributed by atoms with Crippen LogP contribution in [0.5, 0.6) is 11.5 Å². The van der Waals surface area contributed by atoms with Crippen molar-refractivity contribution in [1.82, 2.24) is 9.97 Å². The molecular formula is C29H24F3N5O4S. The molecule has 216 valence electrons. The molecule has 0 aliphatic rings. The van der Waals surface area contributed by atoms with Gasteiger partial charge in [-0.2, -0.15) is 23.7 Å². The number of rotatable bonds is 7. The summed E-state index contributed by atoms with van der Waals surface area (Å²) in [5.74, 6) is -1.77. The van der Waals surface area contributed by atoms with Crippen LogP contribution < -0.4 is 15.2 Å². The number of hydrogen-bond acceptors (Lipinski definition) is 9. The second kappa shape index (κ2) is 13.5. The third-order valence-corrected chi connectivity index (χ3v) is 7.18. The highest BCUT2D eigenvalue weighted by Gasteiger charge is 2.35. The van der Waals surface area contributed by atoms with E-state index < -0.39 is 27.5 Å². The molecule has 0 saturated carbocycles. The van der Waals surface area contributed by atoms with Gasteiger partial charge in [0.2, 0.25) is 0 Å². The van der Waals surface area contributed by atoms with Crippen LogP contribution in [0, 0.1) is 22.7 Å². The van der Waals surface area contributed by atoms with Crippen LogP contribution in [0.3, 0.4) is 0 Å². The Hall–Kier alpha value is -5.14. The molecular weight excluding hydrogens is 571 g/mol. The number of pyridine rings is 2. The molecule has 2 heterocycles. The molecule has 0 aliphatic carbocycles. The average Bonchev–Trinajstić information content (AvgIpc) is 2.95. The van der Waals surface area contributed by atoms with Crippen molar-refractivity contribution in [1.29, 1.82) is 10.5 Å². The normalized spacial score (nSPS) is 10.9. The van der Waals surface area contributed by atoms with Crippen LogP contribution in [0.4, 0.5) is 18.9 Å². The van der Waals surface area contributed by atoms with E-state index in [-0.39, 0.29) is 5.56 Å². The van der Waals surface area contributed by atoms with E-state index in [1.165, 1.54) is 38.7 Å². The van der Waals surface area contributed by atoms with Crippen molar-refractivity contribution in [2.24, 2.45) is 0 Å². The van der Waals surface area contributed by atoms with E-state index in [9.17, 15) is 21.6 Å². The van der Waals surface area contributed by atoms with Gasteiger partial charge in [-0.3, -0.25) is 9.97 Å². The van der Waals surface area contributed by atoms with Gasteiger partial charge >= 0.3 is 6.18 Å². The third kappa shape index (κ3) is 8.68. The van der Waals surface area contributed by atoms with Crippen LogP contribution in [0.15, 0.2) is 73.3 Å². The van der Waals surface area contributed by atoms with E-state index >= 15 is 0 Å². The number of nitrogen functional groups attached to an aromatic ring is 1. The highest BCUT2D eigenvalue weighted by molar-refractivity contribution is 7.90. The Labute approximate surface area is 240 Å².